The third kappa shape index (κ3) is 6.36. The fourth-order valence-corrected chi connectivity index (χ4v) is 5.68. The molecule has 2 heterocycles. The van der Waals surface area contributed by atoms with Crippen molar-refractivity contribution >= 4 is 23.1 Å². The van der Waals surface area contributed by atoms with Gasteiger partial charge in [-0.2, -0.15) is 0 Å². The minimum absolute atomic E-state index is 0.161. The van der Waals surface area contributed by atoms with Gasteiger partial charge in [-0.05, 0) is 71.0 Å². The van der Waals surface area contributed by atoms with Crippen LogP contribution in [0.25, 0.3) is 11.1 Å². The van der Waals surface area contributed by atoms with E-state index in [-0.39, 0.29) is 11.8 Å². The zero-order valence-electron chi connectivity index (χ0n) is 23.5. The molecule has 6 rings (SSSR count). The highest BCUT2D eigenvalue weighted by molar-refractivity contribution is 5.81. The Morgan fingerprint density at radius 3 is 2.15 bits per heavy atom. The molecule has 7 nitrogen and oxygen atoms in total. The summed E-state index contributed by atoms with van der Waals surface area (Å²) in [7, 11) is 0. The Kier molecular flexibility index (Phi) is 7.87. The lowest BCUT2D eigenvalue weighted by molar-refractivity contribution is -0.133. The van der Waals surface area contributed by atoms with E-state index in [9.17, 15) is 4.79 Å². The van der Waals surface area contributed by atoms with Crippen LogP contribution in [0.3, 0.4) is 0 Å². The van der Waals surface area contributed by atoms with E-state index in [1.165, 1.54) is 0 Å². The number of amides is 1. The summed E-state index contributed by atoms with van der Waals surface area (Å²) in [4.78, 5) is 24.4. The molecule has 0 radical (unpaired) electrons. The van der Waals surface area contributed by atoms with Gasteiger partial charge < -0.3 is 26.2 Å². The van der Waals surface area contributed by atoms with Crippen LogP contribution in [0.1, 0.15) is 29.5 Å². The number of benzene rings is 3. The van der Waals surface area contributed by atoms with Gasteiger partial charge in [0.2, 0.25) is 5.91 Å². The third-order valence-electron chi connectivity index (χ3n) is 8.09. The number of nitrogens with two attached hydrogens (primary N) is 2. The maximum Gasteiger partial charge on any atom is 0.226 e. The molecule has 0 atom stereocenters. The van der Waals surface area contributed by atoms with Gasteiger partial charge in [0, 0.05) is 57.9 Å². The van der Waals surface area contributed by atoms with Crippen LogP contribution in [0, 0.1) is 5.92 Å². The van der Waals surface area contributed by atoms with Gasteiger partial charge >= 0.3 is 0 Å². The first kappa shape index (κ1) is 26.8. The largest absolute Gasteiger partial charge is 0.397 e. The highest BCUT2D eigenvalue weighted by atomic mass is 16.2. The number of hydrogen-bond acceptors (Lipinski definition) is 6. The predicted octanol–water partition coefficient (Wildman–Crippen LogP) is 5.05. The van der Waals surface area contributed by atoms with E-state index in [2.05, 4.69) is 75.4 Å². The van der Waals surface area contributed by atoms with Crippen molar-refractivity contribution in [3.8, 4) is 11.1 Å². The first-order valence-corrected chi connectivity index (χ1v) is 14.5. The quantitative estimate of drug-likeness (QED) is 0.285. The zero-order valence-corrected chi connectivity index (χ0v) is 23.5. The van der Waals surface area contributed by atoms with Crippen LogP contribution >= 0.6 is 0 Å². The number of hydrogen-bond donors (Lipinski definition) is 2. The molecule has 1 saturated heterocycles. The number of pyridine rings is 1. The predicted molar refractivity (Wildman–Crippen MR) is 166 cm³/mol. The molecule has 1 aliphatic heterocycles. The summed E-state index contributed by atoms with van der Waals surface area (Å²) in [5.41, 5.74) is 19.8. The molecule has 4 N–H and O–H groups in total. The monoisotopic (exact) mass is 546 g/mol. The SMILES string of the molecule is NCc1cccc(CN(Cc2cccc(-c3ccc(N4CCN(c5ccccn5)CC4)c(N)c3)c2)C(=O)C2CC2)c1. The topological polar surface area (TPSA) is 91.7 Å². The van der Waals surface area contributed by atoms with E-state index in [1.807, 2.05) is 35.4 Å². The molecule has 0 unspecified atom stereocenters. The smallest absolute Gasteiger partial charge is 0.226 e. The summed E-state index contributed by atoms with van der Waals surface area (Å²) >= 11 is 0. The van der Waals surface area contributed by atoms with Gasteiger partial charge in [0.05, 0.1) is 11.4 Å². The normalized spacial score (nSPS) is 15.1. The van der Waals surface area contributed by atoms with E-state index in [0.29, 0.717) is 19.6 Å². The second kappa shape index (κ2) is 12.0. The average molecular weight is 547 g/mol. The van der Waals surface area contributed by atoms with Crippen molar-refractivity contribution in [3.05, 3.63) is 108 Å². The van der Waals surface area contributed by atoms with Gasteiger partial charge in [-0.1, -0.05) is 54.6 Å². The highest BCUT2D eigenvalue weighted by Gasteiger charge is 2.33. The Bertz CT molecular complexity index is 1490. The van der Waals surface area contributed by atoms with Crippen LogP contribution in [0.2, 0.25) is 0 Å². The molecule has 2 fully saturated rings. The Morgan fingerprint density at radius 1 is 0.780 bits per heavy atom. The summed E-state index contributed by atoms with van der Waals surface area (Å²) in [6.45, 7) is 5.27. The zero-order chi connectivity index (χ0) is 28.2. The number of carbonyl (C=O) groups is 1. The first-order chi connectivity index (χ1) is 20.1. The number of nitrogens with zero attached hydrogens (tertiary/aromatic N) is 4. The van der Waals surface area contributed by atoms with Crippen LogP contribution in [0.4, 0.5) is 17.2 Å². The summed E-state index contributed by atoms with van der Waals surface area (Å²) in [6.07, 6.45) is 3.82. The van der Waals surface area contributed by atoms with Gasteiger partial charge in [-0.25, -0.2) is 4.98 Å². The number of rotatable bonds is 9. The van der Waals surface area contributed by atoms with E-state index in [1.54, 1.807) is 0 Å². The Morgan fingerprint density at radius 2 is 1.46 bits per heavy atom. The maximum atomic E-state index is 13.2. The fourth-order valence-electron chi connectivity index (χ4n) is 5.68. The fraction of sp³-hybridized carbons (Fsp3) is 0.294. The Hall–Kier alpha value is -4.36. The lowest BCUT2D eigenvalue weighted by Gasteiger charge is -2.37. The summed E-state index contributed by atoms with van der Waals surface area (Å²) in [5.74, 6) is 1.43. The molecular weight excluding hydrogens is 508 g/mol. The van der Waals surface area contributed by atoms with Crippen molar-refractivity contribution in [2.24, 2.45) is 11.7 Å². The summed E-state index contributed by atoms with van der Waals surface area (Å²) in [6, 6.07) is 29.1. The number of nitrogen functional groups attached to an aromatic ring is 1. The van der Waals surface area contributed by atoms with Crippen LogP contribution in [0.15, 0.2) is 91.1 Å². The molecular formula is C34H38N6O. The molecule has 7 heteroatoms. The average Bonchev–Trinajstić information content (AvgIpc) is 3.87. The second-order valence-corrected chi connectivity index (χ2v) is 11.1. The first-order valence-electron chi connectivity index (χ1n) is 14.5. The minimum atomic E-state index is 0.161. The van der Waals surface area contributed by atoms with Crippen LogP contribution < -0.4 is 21.3 Å². The van der Waals surface area contributed by atoms with Crippen molar-refractivity contribution in [2.45, 2.75) is 32.5 Å². The maximum absolute atomic E-state index is 13.2. The summed E-state index contributed by atoms with van der Waals surface area (Å²) in [5, 5.41) is 0. The molecule has 0 bridgehead atoms. The summed E-state index contributed by atoms with van der Waals surface area (Å²) < 4.78 is 0. The van der Waals surface area contributed by atoms with Gasteiger partial charge in [0.15, 0.2) is 0 Å². The molecule has 1 aliphatic carbocycles. The van der Waals surface area contributed by atoms with E-state index in [0.717, 1.165) is 84.0 Å². The van der Waals surface area contributed by atoms with E-state index >= 15 is 0 Å². The molecule has 3 aromatic carbocycles. The Balaban J connectivity index is 1.15. The third-order valence-corrected chi connectivity index (χ3v) is 8.09. The van der Waals surface area contributed by atoms with Crippen molar-refractivity contribution < 1.29 is 4.79 Å². The highest BCUT2D eigenvalue weighted by Crippen LogP contribution is 2.33. The van der Waals surface area contributed by atoms with Crippen molar-refractivity contribution in [1.82, 2.24) is 9.88 Å². The molecule has 1 amide bonds. The van der Waals surface area contributed by atoms with Gasteiger partial charge in [-0.3, -0.25) is 4.79 Å². The molecule has 1 aromatic heterocycles. The Labute approximate surface area is 242 Å². The van der Waals surface area contributed by atoms with Crippen molar-refractivity contribution in [2.75, 3.05) is 41.7 Å². The van der Waals surface area contributed by atoms with Crippen LogP contribution in [-0.4, -0.2) is 42.0 Å². The second-order valence-electron chi connectivity index (χ2n) is 11.1. The minimum Gasteiger partial charge on any atom is -0.397 e. The molecule has 2 aliphatic rings. The van der Waals surface area contributed by atoms with Gasteiger partial charge in [0.25, 0.3) is 0 Å². The van der Waals surface area contributed by atoms with E-state index in [4.69, 9.17) is 11.5 Å². The van der Waals surface area contributed by atoms with E-state index < -0.39 is 0 Å². The van der Waals surface area contributed by atoms with Gasteiger partial charge in [0.1, 0.15) is 5.82 Å². The molecule has 210 valence electrons. The molecule has 41 heavy (non-hydrogen) atoms. The van der Waals surface area contributed by atoms with Crippen molar-refractivity contribution in [1.29, 1.82) is 0 Å². The number of piperazine rings is 1. The van der Waals surface area contributed by atoms with Gasteiger partial charge in [-0.15, -0.1) is 0 Å². The molecule has 4 aromatic rings. The number of carbonyl (C=O) groups excluding carboxylic acids is 1. The van der Waals surface area contributed by atoms with Crippen LogP contribution in [-0.2, 0) is 24.4 Å². The van der Waals surface area contributed by atoms with Crippen LogP contribution in [0.5, 0.6) is 0 Å². The van der Waals surface area contributed by atoms with Crippen molar-refractivity contribution in [3.63, 3.8) is 0 Å². The standard InChI is InChI=1S/C34H38N6O/c35-22-25-5-3-6-26(19-25)23-40(34(41)28-10-11-28)24-27-7-4-8-29(20-27)30-12-13-32(31(36)21-30)38-15-17-39(18-16-38)33-9-1-2-14-37-33/h1-9,12-14,19-21,28H,10-11,15-18,22-24,35-36H2. The number of anilines is 3. The molecule has 1 saturated carbocycles. The lowest BCUT2D eigenvalue weighted by Crippen LogP contribution is -2.47. The number of aromatic nitrogens is 1. The molecule has 0 spiro atoms. The lowest BCUT2D eigenvalue weighted by atomic mass is 10.0.